The predicted octanol–water partition coefficient (Wildman–Crippen LogP) is -0.0914. The molecule has 12 heavy (non-hydrogen) atoms. The molecule has 0 amide bonds. The third-order valence-corrected chi connectivity index (χ3v) is 1.68. The molecule has 0 fully saturated rings. The van der Waals surface area contributed by atoms with Crippen molar-refractivity contribution in [3.05, 3.63) is 11.8 Å². The molecule has 62 valence electrons. The molecule has 0 atom stereocenters. The van der Waals surface area contributed by atoms with E-state index in [1.807, 2.05) is 14.0 Å². The van der Waals surface area contributed by atoms with Crippen molar-refractivity contribution >= 4 is 0 Å². The number of aryl methyl sites for hydroxylation is 2. The highest BCUT2D eigenvalue weighted by atomic mass is 15.5. The molecule has 0 aliphatic rings. The van der Waals surface area contributed by atoms with Gasteiger partial charge in [0.25, 0.3) is 0 Å². The molecule has 0 saturated carbocycles. The fourth-order valence-corrected chi connectivity index (χ4v) is 1.13. The molecular formula is C6H8N6. The number of H-pyrrole nitrogens is 1. The summed E-state index contributed by atoms with van der Waals surface area (Å²) >= 11 is 0. The molecule has 0 bridgehead atoms. The third kappa shape index (κ3) is 0.884. The van der Waals surface area contributed by atoms with Gasteiger partial charge in [0.1, 0.15) is 5.69 Å². The Balaban J connectivity index is 2.60. The molecule has 1 N–H and O–H groups in total. The Kier molecular flexibility index (Phi) is 1.39. The molecule has 0 aliphatic carbocycles. The van der Waals surface area contributed by atoms with Crippen molar-refractivity contribution in [1.29, 1.82) is 0 Å². The summed E-state index contributed by atoms with van der Waals surface area (Å²) in [5, 5.41) is 17.7. The molecule has 0 aliphatic heterocycles. The first kappa shape index (κ1) is 6.96. The van der Waals surface area contributed by atoms with Gasteiger partial charge in [-0.3, -0.25) is 4.68 Å². The number of hydrogen-bond acceptors (Lipinski definition) is 4. The maximum Gasteiger partial charge on any atom is 0.222 e. The van der Waals surface area contributed by atoms with E-state index in [1.165, 1.54) is 0 Å². The zero-order chi connectivity index (χ0) is 8.55. The average molecular weight is 164 g/mol. The quantitative estimate of drug-likeness (QED) is 0.639. The number of aromatic nitrogens is 6. The van der Waals surface area contributed by atoms with Crippen molar-refractivity contribution in [2.24, 2.45) is 7.05 Å². The van der Waals surface area contributed by atoms with E-state index in [4.69, 9.17) is 0 Å². The van der Waals surface area contributed by atoms with Gasteiger partial charge in [0, 0.05) is 7.05 Å². The summed E-state index contributed by atoms with van der Waals surface area (Å²) in [5.41, 5.74) is 1.93. The second-order valence-corrected chi connectivity index (χ2v) is 2.54. The number of nitrogens with one attached hydrogen (secondary N) is 1. The van der Waals surface area contributed by atoms with Gasteiger partial charge in [0.15, 0.2) is 0 Å². The topological polar surface area (TPSA) is 72.3 Å². The van der Waals surface area contributed by atoms with Crippen molar-refractivity contribution in [1.82, 2.24) is 30.4 Å². The molecule has 2 aromatic rings. The molecular weight excluding hydrogens is 156 g/mol. The summed E-state index contributed by atoms with van der Waals surface area (Å²) in [6.45, 7) is 1.96. The highest BCUT2D eigenvalue weighted by molar-refractivity contribution is 5.52. The maximum atomic E-state index is 4.07. The molecule has 6 nitrogen and oxygen atoms in total. The number of hydrogen-bond donors (Lipinski definition) is 1. The van der Waals surface area contributed by atoms with E-state index >= 15 is 0 Å². The van der Waals surface area contributed by atoms with Crippen LogP contribution in [0.5, 0.6) is 0 Å². The van der Waals surface area contributed by atoms with E-state index in [2.05, 4.69) is 25.7 Å². The lowest BCUT2D eigenvalue weighted by Crippen LogP contribution is -1.95. The van der Waals surface area contributed by atoms with E-state index < -0.39 is 0 Å². The van der Waals surface area contributed by atoms with Crippen molar-refractivity contribution in [3.63, 3.8) is 0 Å². The van der Waals surface area contributed by atoms with Gasteiger partial charge in [-0.1, -0.05) is 0 Å². The van der Waals surface area contributed by atoms with Crippen molar-refractivity contribution in [3.8, 4) is 11.5 Å². The molecule has 0 spiro atoms. The molecule has 0 unspecified atom stereocenters. The average Bonchev–Trinajstić information content (AvgIpc) is 2.61. The van der Waals surface area contributed by atoms with Gasteiger partial charge in [0.2, 0.25) is 5.82 Å². The Morgan fingerprint density at radius 1 is 1.50 bits per heavy atom. The Morgan fingerprint density at radius 3 is 2.83 bits per heavy atom. The van der Waals surface area contributed by atoms with Gasteiger partial charge >= 0.3 is 0 Å². The minimum absolute atomic E-state index is 0.576. The van der Waals surface area contributed by atoms with E-state index in [0.29, 0.717) is 5.82 Å². The first-order valence-corrected chi connectivity index (χ1v) is 3.51. The van der Waals surface area contributed by atoms with Crippen LogP contribution in [0.25, 0.3) is 11.5 Å². The van der Waals surface area contributed by atoms with Crippen LogP contribution in [0.15, 0.2) is 6.20 Å². The SMILES string of the molecule is Cc1cnn(C)c1-c1nn[nH]n1. The minimum atomic E-state index is 0.576. The zero-order valence-corrected chi connectivity index (χ0v) is 6.81. The lowest BCUT2D eigenvalue weighted by Gasteiger charge is -1.95. The second-order valence-electron chi connectivity index (χ2n) is 2.54. The van der Waals surface area contributed by atoms with Crippen LogP contribution in [0.4, 0.5) is 0 Å². The van der Waals surface area contributed by atoms with E-state index in [0.717, 1.165) is 11.3 Å². The van der Waals surface area contributed by atoms with Crippen LogP contribution in [0, 0.1) is 6.92 Å². The standard InChI is InChI=1S/C6H8N6/c1-4-3-7-12(2)5(4)6-8-10-11-9-6/h3H,1-2H3,(H,8,9,10,11). The molecule has 0 saturated heterocycles. The Hall–Kier alpha value is -1.72. The largest absolute Gasteiger partial charge is 0.264 e. The highest BCUT2D eigenvalue weighted by Gasteiger charge is 2.10. The fourth-order valence-electron chi connectivity index (χ4n) is 1.13. The zero-order valence-electron chi connectivity index (χ0n) is 6.81. The third-order valence-electron chi connectivity index (χ3n) is 1.68. The van der Waals surface area contributed by atoms with Crippen LogP contribution in [-0.2, 0) is 7.05 Å². The van der Waals surface area contributed by atoms with Gasteiger partial charge in [-0.2, -0.15) is 10.3 Å². The van der Waals surface area contributed by atoms with E-state index in [9.17, 15) is 0 Å². The van der Waals surface area contributed by atoms with Crippen LogP contribution < -0.4 is 0 Å². The molecule has 2 aromatic heterocycles. The van der Waals surface area contributed by atoms with Gasteiger partial charge in [0.05, 0.1) is 6.20 Å². The van der Waals surface area contributed by atoms with Crippen molar-refractivity contribution in [2.75, 3.05) is 0 Å². The van der Waals surface area contributed by atoms with Crippen molar-refractivity contribution in [2.45, 2.75) is 6.92 Å². The summed E-state index contributed by atoms with van der Waals surface area (Å²) in [6, 6.07) is 0. The van der Waals surface area contributed by atoms with Crippen LogP contribution in [0.1, 0.15) is 5.56 Å². The Bertz CT molecular complexity index is 353. The van der Waals surface area contributed by atoms with Crippen LogP contribution in [0.2, 0.25) is 0 Å². The molecule has 0 aromatic carbocycles. The van der Waals surface area contributed by atoms with Gasteiger partial charge in [-0.15, -0.1) is 10.2 Å². The minimum Gasteiger partial charge on any atom is -0.264 e. The van der Waals surface area contributed by atoms with Gasteiger partial charge in [-0.05, 0) is 17.7 Å². The molecule has 0 radical (unpaired) electrons. The second kappa shape index (κ2) is 2.40. The molecule has 2 heterocycles. The summed E-state index contributed by atoms with van der Waals surface area (Å²) < 4.78 is 1.72. The van der Waals surface area contributed by atoms with Gasteiger partial charge in [-0.25, -0.2) is 0 Å². The predicted molar refractivity (Wildman–Crippen MR) is 41.1 cm³/mol. The smallest absolute Gasteiger partial charge is 0.222 e. The molecule has 2 rings (SSSR count). The normalized spacial score (nSPS) is 10.5. The maximum absolute atomic E-state index is 4.07. The highest BCUT2D eigenvalue weighted by Crippen LogP contribution is 2.15. The first-order chi connectivity index (χ1) is 5.79. The number of rotatable bonds is 1. The van der Waals surface area contributed by atoms with Crippen LogP contribution in [-0.4, -0.2) is 30.4 Å². The monoisotopic (exact) mass is 164 g/mol. The Morgan fingerprint density at radius 2 is 2.33 bits per heavy atom. The van der Waals surface area contributed by atoms with Crippen molar-refractivity contribution < 1.29 is 0 Å². The number of nitrogens with zero attached hydrogens (tertiary/aromatic N) is 5. The summed E-state index contributed by atoms with van der Waals surface area (Å²) in [7, 11) is 1.85. The van der Waals surface area contributed by atoms with Gasteiger partial charge < -0.3 is 0 Å². The summed E-state index contributed by atoms with van der Waals surface area (Å²) in [5.74, 6) is 0.576. The number of tetrazole rings is 1. The summed E-state index contributed by atoms with van der Waals surface area (Å²) in [4.78, 5) is 0. The number of aromatic amines is 1. The summed E-state index contributed by atoms with van der Waals surface area (Å²) in [6.07, 6.45) is 1.77. The van der Waals surface area contributed by atoms with Crippen LogP contribution >= 0.6 is 0 Å². The lowest BCUT2D eigenvalue weighted by atomic mass is 10.3. The first-order valence-electron chi connectivity index (χ1n) is 3.51. The Labute approximate surface area is 68.6 Å². The lowest BCUT2D eigenvalue weighted by molar-refractivity contribution is 0.770. The van der Waals surface area contributed by atoms with E-state index in [-0.39, 0.29) is 0 Å². The fraction of sp³-hybridized carbons (Fsp3) is 0.333. The van der Waals surface area contributed by atoms with E-state index in [1.54, 1.807) is 10.9 Å². The van der Waals surface area contributed by atoms with Crippen LogP contribution in [0.3, 0.4) is 0 Å². The molecule has 6 heteroatoms.